The maximum absolute atomic E-state index is 0. The van der Waals surface area contributed by atoms with Crippen LogP contribution in [0.2, 0.25) is 0 Å². The van der Waals surface area contributed by atoms with Crippen molar-refractivity contribution in [3.63, 3.8) is 0 Å². The van der Waals surface area contributed by atoms with Gasteiger partial charge >= 0.3 is 70.9 Å². The Balaban J connectivity index is 0. The van der Waals surface area contributed by atoms with E-state index in [1.165, 1.54) is 0 Å². The molecule has 38 valence electrons. The molecule has 0 aromatic rings. The van der Waals surface area contributed by atoms with Crippen molar-refractivity contribution >= 4 is 0 Å². The van der Waals surface area contributed by atoms with Crippen molar-refractivity contribution < 1.29 is 167 Å². The summed E-state index contributed by atoms with van der Waals surface area (Å²) in [4.78, 5) is 0. The minimum absolute atomic E-state index is 0. The summed E-state index contributed by atoms with van der Waals surface area (Å²) in [6.07, 6.45) is 0. The first-order valence-corrected chi connectivity index (χ1v) is 0. The normalized spacial score (nSPS) is 0. The van der Waals surface area contributed by atoms with E-state index in [9.17, 15) is 0 Å². The molecule has 0 bridgehead atoms. The molecular formula is I4KRh. The van der Waals surface area contributed by atoms with Crippen molar-refractivity contribution in [2.45, 2.75) is 0 Å². The number of rotatable bonds is 0. The van der Waals surface area contributed by atoms with Gasteiger partial charge in [0.25, 0.3) is 0 Å². The van der Waals surface area contributed by atoms with Gasteiger partial charge in [-0.1, -0.05) is 0 Å². The molecular weight excluding hydrogens is 650 g/mol. The predicted octanol–water partition coefficient (Wildman–Crippen LogP) is -15.0. The summed E-state index contributed by atoms with van der Waals surface area (Å²) in [5.74, 6) is 0. The van der Waals surface area contributed by atoms with E-state index < -0.39 is 0 Å². The quantitative estimate of drug-likeness (QED) is 0.181. The summed E-state index contributed by atoms with van der Waals surface area (Å²) >= 11 is 0. The average molecular weight is 650 g/mol. The Morgan fingerprint density at radius 3 is 0.500 bits per heavy atom. The molecule has 0 aliphatic rings. The molecule has 6 heavy (non-hydrogen) atoms. The molecule has 0 amide bonds. The third-order valence-corrected chi connectivity index (χ3v) is 0. The van der Waals surface area contributed by atoms with Gasteiger partial charge in [-0.3, -0.25) is 0 Å². The van der Waals surface area contributed by atoms with Gasteiger partial charge in [0.2, 0.25) is 0 Å². The molecule has 0 aromatic heterocycles. The Labute approximate surface area is 162 Å². The Morgan fingerprint density at radius 1 is 0.500 bits per heavy atom. The molecule has 0 aliphatic carbocycles. The summed E-state index contributed by atoms with van der Waals surface area (Å²) in [6, 6.07) is 0. The van der Waals surface area contributed by atoms with Crippen LogP contribution < -0.4 is 147 Å². The zero-order valence-corrected chi connectivity index (χ0v) is 16.2. The van der Waals surface area contributed by atoms with E-state index in [-0.39, 0.29) is 167 Å². The molecule has 0 saturated carbocycles. The molecule has 0 nitrogen and oxygen atoms in total. The maximum Gasteiger partial charge on any atom is 3.00 e. The number of hydrogen-bond donors (Lipinski definition) is 0. The van der Waals surface area contributed by atoms with Gasteiger partial charge in [-0.15, -0.1) is 0 Å². The van der Waals surface area contributed by atoms with Gasteiger partial charge in [0.15, 0.2) is 0 Å². The fourth-order valence-electron chi connectivity index (χ4n) is 0. The van der Waals surface area contributed by atoms with Crippen molar-refractivity contribution in [2.24, 2.45) is 0 Å². The predicted molar refractivity (Wildman–Crippen MR) is 0 cm³/mol. The van der Waals surface area contributed by atoms with Crippen LogP contribution in [-0.4, -0.2) is 0 Å². The fraction of sp³-hybridized carbons (Fsp3) is 0. The number of hydrogen-bond acceptors (Lipinski definition) is 0. The summed E-state index contributed by atoms with van der Waals surface area (Å²) in [5.41, 5.74) is 0. The first kappa shape index (κ1) is 43.2. The monoisotopic (exact) mass is 649 g/mol. The van der Waals surface area contributed by atoms with Crippen LogP contribution >= 0.6 is 0 Å². The second kappa shape index (κ2) is 32.0. The zero-order chi connectivity index (χ0) is 0. The summed E-state index contributed by atoms with van der Waals surface area (Å²) < 4.78 is 0. The van der Waals surface area contributed by atoms with Crippen LogP contribution in [0.5, 0.6) is 0 Å². The second-order valence-corrected chi connectivity index (χ2v) is 0. The maximum atomic E-state index is 0. The fourth-order valence-corrected chi connectivity index (χ4v) is 0. The van der Waals surface area contributed by atoms with Crippen molar-refractivity contribution in [1.82, 2.24) is 0 Å². The Bertz CT molecular complexity index is 7.51. The minimum Gasteiger partial charge on any atom is -1.00 e. The van der Waals surface area contributed by atoms with Crippen molar-refractivity contribution in [2.75, 3.05) is 0 Å². The van der Waals surface area contributed by atoms with Gasteiger partial charge in [-0.2, -0.15) is 0 Å². The SMILES string of the molecule is [I-].[I-].[I-].[I-].[K+].[Rh+3]. The van der Waals surface area contributed by atoms with Crippen LogP contribution in [0.3, 0.4) is 0 Å². The molecule has 0 unspecified atom stereocenters. The van der Waals surface area contributed by atoms with Gasteiger partial charge in [0.05, 0.1) is 0 Å². The van der Waals surface area contributed by atoms with Gasteiger partial charge < -0.3 is 95.9 Å². The van der Waals surface area contributed by atoms with Gasteiger partial charge in [-0.05, 0) is 0 Å². The first-order valence-electron chi connectivity index (χ1n) is 0. The molecule has 0 N–H and O–H groups in total. The van der Waals surface area contributed by atoms with E-state index in [1.807, 2.05) is 0 Å². The third-order valence-electron chi connectivity index (χ3n) is 0. The van der Waals surface area contributed by atoms with E-state index in [0.29, 0.717) is 0 Å². The Hall–Kier alpha value is 5.18. The molecule has 0 heterocycles. The number of halogens is 4. The average Bonchev–Trinajstić information content (AvgIpc) is 0. The molecule has 6 heteroatoms. The molecule has 0 fully saturated rings. The molecule has 0 spiro atoms. The van der Waals surface area contributed by atoms with E-state index >= 15 is 0 Å². The van der Waals surface area contributed by atoms with Crippen molar-refractivity contribution in [1.29, 1.82) is 0 Å². The van der Waals surface area contributed by atoms with Crippen LogP contribution in [0, 0.1) is 0 Å². The standard InChI is InChI=1S/4HI.K.Rh/h4*1H;;/q;;;;+1;+3/p-4. The van der Waals surface area contributed by atoms with Crippen LogP contribution in [0.25, 0.3) is 0 Å². The Morgan fingerprint density at radius 2 is 0.500 bits per heavy atom. The van der Waals surface area contributed by atoms with Crippen LogP contribution in [0.1, 0.15) is 0 Å². The molecule has 0 radical (unpaired) electrons. The molecule has 0 saturated heterocycles. The Kier molecular flexibility index (Phi) is 230. The zero-order valence-electron chi connectivity index (χ0n) is 2.85. The van der Waals surface area contributed by atoms with Crippen LogP contribution in [0.15, 0.2) is 0 Å². The van der Waals surface area contributed by atoms with Gasteiger partial charge in [0.1, 0.15) is 0 Å². The van der Waals surface area contributed by atoms with Gasteiger partial charge in [0, 0.05) is 0 Å². The summed E-state index contributed by atoms with van der Waals surface area (Å²) in [7, 11) is 0. The molecule has 0 aliphatic heterocycles. The topological polar surface area (TPSA) is 0 Å². The first-order chi connectivity index (χ1) is 0. The smallest absolute Gasteiger partial charge is 1.00 e. The summed E-state index contributed by atoms with van der Waals surface area (Å²) in [5, 5.41) is 0. The van der Waals surface area contributed by atoms with E-state index in [4.69, 9.17) is 0 Å². The summed E-state index contributed by atoms with van der Waals surface area (Å²) in [6.45, 7) is 0. The van der Waals surface area contributed by atoms with Crippen LogP contribution in [0.4, 0.5) is 0 Å². The largest absolute Gasteiger partial charge is 3.00 e. The van der Waals surface area contributed by atoms with E-state index in [1.54, 1.807) is 0 Å². The second-order valence-electron chi connectivity index (χ2n) is 0. The molecule has 0 aromatic carbocycles. The molecule has 0 rings (SSSR count). The molecule has 0 atom stereocenters. The minimum atomic E-state index is 0. The van der Waals surface area contributed by atoms with Crippen LogP contribution in [-0.2, 0) is 19.5 Å². The van der Waals surface area contributed by atoms with Gasteiger partial charge in [-0.25, -0.2) is 0 Å². The van der Waals surface area contributed by atoms with Crippen molar-refractivity contribution in [3.8, 4) is 0 Å². The van der Waals surface area contributed by atoms with E-state index in [0.717, 1.165) is 0 Å². The van der Waals surface area contributed by atoms with E-state index in [2.05, 4.69) is 0 Å². The third kappa shape index (κ3) is 22.9. The van der Waals surface area contributed by atoms with Crippen molar-refractivity contribution in [3.05, 3.63) is 0 Å².